The van der Waals surface area contributed by atoms with Gasteiger partial charge in [-0.05, 0) is 315 Å². The number of hydrogen-bond donors (Lipinski definition) is 0. The molecule has 0 bridgehead atoms. The molecule has 0 fully saturated rings. The van der Waals surface area contributed by atoms with Crippen molar-refractivity contribution in [2.75, 3.05) is 0 Å². The smallest absolute Gasteiger partial charge is 0.106 e. The summed E-state index contributed by atoms with van der Waals surface area (Å²) in [6.45, 7) is 3.36. The lowest BCUT2D eigenvalue weighted by molar-refractivity contribution is 1.92. The highest BCUT2D eigenvalue weighted by Gasteiger charge is 1.92. The SMILES string of the molecule is C#CC#CC#CC#CC#CC#CC#CC#CC#CC#CC#CC#CC#CC#CC#CC#CC#CC#CC#CC#CP(C#CC#CC#CC#CC#CC#CC#CC#CC#CC#CC#CC#CC#CC#CC#CC#CC#CC#CC#CC)C#CC#CC#CC#CC#CC#CC#CC#CC#CC#CC#CC#CC#CC#CC#CC#CC#CC#CC#CC. The first-order chi connectivity index (χ1) is 59.3. The minimum atomic E-state index is -1.58. The van der Waals surface area contributed by atoms with Crippen LogP contribution in [0.4, 0.5) is 0 Å². The van der Waals surface area contributed by atoms with Gasteiger partial charge in [-0.2, -0.15) is 0 Å². The molecule has 0 aromatic heterocycles. The van der Waals surface area contributed by atoms with E-state index in [1.54, 1.807) is 13.8 Å². The van der Waals surface area contributed by atoms with Crippen molar-refractivity contribution in [1.29, 1.82) is 0 Å². The lowest BCUT2D eigenvalue weighted by atomic mass is 10.4. The average molecular weight is 1460 g/mol. The standard InChI is InChI=1S/C118H7P/c1-4-7-10-13-16-19-22-25-28-31-34-37-40-43-46-49-52-55-58-61-64-67-70-73-76-79-82-85-88-91-94-97-100-103-106-109-112-115-118-119(116-113-110-107-104-101-98-95-92-89-86-83-80-77-74-71-68-65-62-59-56-53-50-47-44-41-38-35-32-29-26-23-20-17-14-11-8-5-2)117-114-111-108-105-102-99-96-93-90-87-84-81-78-75-72-69-66-63-60-57-54-51-48-45-42-39-36-33-30-27-24-21-18-15-12-9-6-3/h1H,2-3H3. The zero-order chi connectivity index (χ0) is 84.9. The maximum absolute atomic E-state index is 4.97. The topological polar surface area (TPSA) is 0 Å². The van der Waals surface area contributed by atoms with E-state index < -0.39 is 7.92 Å². The minimum Gasteiger partial charge on any atom is -0.106 e. The maximum atomic E-state index is 4.97. The molecular weight excluding hydrogens is 1450 g/mol. The molecule has 0 rings (SSSR count). The van der Waals surface area contributed by atoms with Crippen LogP contribution in [0, 0.1) is 686 Å². The van der Waals surface area contributed by atoms with Crippen molar-refractivity contribution in [3.63, 3.8) is 0 Å². The van der Waals surface area contributed by atoms with Gasteiger partial charge in [0.25, 0.3) is 0 Å². The van der Waals surface area contributed by atoms with Crippen molar-refractivity contribution in [3.05, 3.63) is 0 Å². The Bertz CT molecular complexity index is 8220. The Morgan fingerprint density at radius 2 is 0.160 bits per heavy atom. The molecule has 0 N–H and O–H groups in total. The second-order valence-corrected chi connectivity index (χ2v) is 16.3. The van der Waals surface area contributed by atoms with Gasteiger partial charge in [0, 0.05) is 367 Å². The van der Waals surface area contributed by atoms with Gasteiger partial charge in [0.1, 0.15) is 7.92 Å². The lowest BCUT2D eigenvalue weighted by Gasteiger charge is -1.84. The molecule has 0 radical (unpaired) electrons. The molecule has 0 aliphatic carbocycles. The van der Waals surface area contributed by atoms with Crippen LogP contribution < -0.4 is 0 Å². The van der Waals surface area contributed by atoms with E-state index >= 15 is 0 Å². The van der Waals surface area contributed by atoms with Crippen LogP contribution in [-0.4, -0.2) is 0 Å². The van der Waals surface area contributed by atoms with Crippen molar-refractivity contribution >= 4 is 7.92 Å². The Morgan fingerprint density at radius 1 is 0.0924 bits per heavy atom. The molecule has 0 amide bonds. The Balaban J connectivity index is 5.97. The third-order valence-electron chi connectivity index (χ3n) is 7.45. The first kappa shape index (κ1) is 93.9. The van der Waals surface area contributed by atoms with Gasteiger partial charge >= 0.3 is 0 Å². The maximum Gasteiger partial charge on any atom is 0.130 e. The molecule has 484 valence electrons. The van der Waals surface area contributed by atoms with E-state index in [0.29, 0.717) is 0 Å². The van der Waals surface area contributed by atoms with Crippen LogP contribution >= 0.6 is 7.92 Å². The van der Waals surface area contributed by atoms with Gasteiger partial charge in [-0.1, -0.05) is 11.8 Å². The van der Waals surface area contributed by atoms with Gasteiger partial charge in [0.05, 0.1) is 0 Å². The van der Waals surface area contributed by atoms with Crippen molar-refractivity contribution in [2.45, 2.75) is 13.8 Å². The molecule has 0 spiro atoms. The van der Waals surface area contributed by atoms with Gasteiger partial charge in [0.2, 0.25) is 0 Å². The summed E-state index contributed by atoms with van der Waals surface area (Å²) in [4.78, 5) is 0. The van der Waals surface area contributed by atoms with Gasteiger partial charge < -0.3 is 0 Å². The van der Waals surface area contributed by atoms with Gasteiger partial charge in [-0.3, -0.25) is 0 Å². The van der Waals surface area contributed by atoms with Crippen molar-refractivity contribution in [2.24, 2.45) is 0 Å². The van der Waals surface area contributed by atoms with E-state index in [1.807, 2.05) is 0 Å². The van der Waals surface area contributed by atoms with Crippen LogP contribution in [-0.2, 0) is 0 Å². The molecular formula is C118H7P. The Labute approximate surface area is 703 Å². The predicted octanol–water partition coefficient (Wildman–Crippen LogP) is 2.21. The molecule has 119 heavy (non-hydrogen) atoms. The van der Waals surface area contributed by atoms with Crippen molar-refractivity contribution in [1.82, 2.24) is 0 Å². The zero-order valence-electron chi connectivity index (χ0n) is 60.5. The van der Waals surface area contributed by atoms with E-state index in [4.69, 9.17) is 6.42 Å². The minimum absolute atomic E-state index is 1.58. The van der Waals surface area contributed by atoms with E-state index in [9.17, 15) is 0 Å². The van der Waals surface area contributed by atoms with Gasteiger partial charge in [-0.25, -0.2) is 0 Å². The van der Waals surface area contributed by atoms with E-state index in [1.165, 1.54) is 0 Å². The highest BCUT2D eigenvalue weighted by atomic mass is 31.1. The van der Waals surface area contributed by atoms with Crippen LogP contribution in [0.25, 0.3) is 0 Å². The van der Waals surface area contributed by atoms with Crippen LogP contribution in [0.3, 0.4) is 0 Å². The Kier molecular flexibility index (Phi) is 71.8. The molecule has 0 aromatic rings. The van der Waals surface area contributed by atoms with Crippen LogP contribution in [0.5, 0.6) is 0 Å². The number of hydrogen-bond acceptors (Lipinski definition) is 0. The Hall–Kier alpha value is -25.1. The molecule has 0 nitrogen and oxygen atoms in total. The third-order valence-corrected chi connectivity index (χ3v) is 8.46. The second kappa shape index (κ2) is 90.9. The van der Waals surface area contributed by atoms with Crippen LogP contribution in [0.15, 0.2) is 0 Å². The fraction of sp³-hybridized carbons (Fsp3) is 0.0169. The van der Waals surface area contributed by atoms with E-state index in [-0.39, 0.29) is 0 Å². The first-order valence-electron chi connectivity index (χ1n) is 30.0. The summed E-state index contributed by atoms with van der Waals surface area (Å²) in [5.74, 6) is 281. The average Bonchev–Trinajstić information content (AvgIpc) is 1.05. The summed E-state index contributed by atoms with van der Waals surface area (Å²) in [7, 11) is -1.58. The quantitative estimate of drug-likeness (QED) is 0.259. The van der Waals surface area contributed by atoms with Crippen molar-refractivity contribution in [3.8, 4) is 686 Å². The van der Waals surface area contributed by atoms with Gasteiger partial charge in [-0.15, -0.1) is 6.42 Å². The number of terminal acetylenes is 1. The summed E-state index contributed by atoms with van der Waals surface area (Å²) < 4.78 is 0. The Morgan fingerprint density at radius 3 is 0.235 bits per heavy atom. The second-order valence-electron chi connectivity index (χ2n) is 14.9. The largest absolute Gasteiger partial charge is 0.130 e. The summed E-state index contributed by atoms with van der Waals surface area (Å²) in [5, 5.41) is 0. The molecule has 0 saturated carbocycles. The lowest BCUT2D eigenvalue weighted by Crippen LogP contribution is -1.62. The fourth-order valence-corrected chi connectivity index (χ4v) is 4.39. The molecule has 0 aliphatic heterocycles. The van der Waals surface area contributed by atoms with Crippen LogP contribution in [0.1, 0.15) is 13.8 Å². The zero-order valence-corrected chi connectivity index (χ0v) is 61.4. The summed E-state index contributed by atoms with van der Waals surface area (Å²) in [6, 6.07) is 0. The normalized spacial score (nSPS) is 4.15. The van der Waals surface area contributed by atoms with Crippen molar-refractivity contribution < 1.29 is 0 Å². The fourth-order valence-electron chi connectivity index (χ4n) is 3.72. The number of rotatable bonds is 0. The van der Waals surface area contributed by atoms with Crippen LogP contribution in [0.2, 0.25) is 0 Å². The molecule has 0 aliphatic rings. The molecule has 0 saturated heterocycles. The summed E-state index contributed by atoms with van der Waals surface area (Å²) in [5.41, 5.74) is 8.57. The molecule has 0 heterocycles. The van der Waals surface area contributed by atoms with Gasteiger partial charge in [0.15, 0.2) is 0 Å². The highest BCUT2D eigenvalue weighted by molar-refractivity contribution is 7.72. The summed E-state index contributed by atoms with van der Waals surface area (Å²) >= 11 is 0. The third kappa shape index (κ3) is 89.0. The predicted molar refractivity (Wildman–Crippen MR) is 470 cm³/mol. The molecule has 0 aromatic carbocycles. The highest BCUT2D eigenvalue weighted by Crippen LogP contribution is 2.29. The van der Waals surface area contributed by atoms with E-state index in [2.05, 4.69) is 680 Å². The molecule has 1 heteroatoms. The molecule has 0 atom stereocenters. The van der Waals surface area contributed by atoms with E-state index in [0.717, 1.165) is 0 Å². The first-order valence-corrected chi connectivity index (χ1v) is 31.3. The molecule has 0 unspecified atom stereocenters. The summed E-state index contributed by atoms with van der Waals surface area (Å²) in [6.07, 6.45) is 4.97. The monoisotopic (exact) mass is 1450 g/mol.